The summed E-state index contributed by atoms with van der Waals surface area (Å²) in [5.41, 5.74) is 2.78. The predicted octanol–water partition coefficient (Wildman–Crippen LogP) is 7.50. The molecule has 0 spiro atoms. The van der Waals surface area contributed by atoms with Crippen molar-refractivity contribution in [2.24, 2.45) is 0 Å². The summed E-state index contributed by atoms with van der Waals surface area (Å²) in [6.07, 6.45) is 11.9. The van der Waals surface area contributed by atoms with Crippen molar-refractivity contribution in [1.82, 2.24) is 29.3 Å². The molecule has 5 rings (SSSR count). The lowest BCUT2D eigenvalue weighted by Gasteiger charge is -2.36. The Kier molecular flexibility index (Phi) is 7.77. The van der Waals surface area contributed by atoms with Crippen molar-refractivity contribution in [3.05, 3.63) is 47.0 Å². The molecule has 1 fully saturated rings. The summed E-state index contributed by atoms with van der Waals surface area (Å²) in [6, 6.07) is 3.82. The Morgan fingerprint density at radius 1 is 1.13 bits per heavy atom. The number of benzene rings is 1. The van der Waals surface area contributed by atoms with Crippen molar-refractivity contribution in [3.8, 4) is 16.9 Å². The summed E-state index contributed by atoms with van der Waals surface area (Å²) in [5.74, 6) is 0.679. The third-order valence-electron chi connectivity index (χ3n) is 7.80. The van der Waals surface area contributed by atoms with Crippen LogP contribution in [0.4, 0.5) is 0 Å². The standard InChI is InChI=1S/C27H36Cl2N6O2Si/c1-27(2,3)38(4,5)37-14-8-12-33-18-23(31-32-33)34-17-21(20-10-11-22(28)25(29)26(20)34)19-15-30-35(16-19)24-9-6-7-13-36-24/h10-11,15-18,24H,6-9,12-14H2,1-5H3. The molecule has 11 heteroatoms. The Balaban J connectivity index is 1.39. The lowest BCUT2D eigenvalue weighted by Crippen LogP contribution is -2.41. The molecule has 1 saturated heterocycles. The van der Waals surface area contributed by atoms with E-state index >= 15 is 0 Å². The molecule has 0 aliphatic carbocycles. The second kappa shape index (κ2) is 10.8. The fraction of sp³-hybridized carbons (Fsp3) is 0.519. The smallest absolute Gasteiger partial charge is 0.191 e. The number of fused-ring (bicyclic) bond motifs is 1. The third-order valence-corrected chi connectivity index (χ3v) is 13.1. The first-order valence-corrected chi connectivity index (χ1v) is 16.9. The maximum Gasteiger partial charge on any atom is 0.191 e. The van der Waals surface area contributed by atoms with Crippen molar-refractivity contribution in [1.29, 1.82) is 0 Å². The molecule has 4 heterocycles. The Bertz CT molecular complexity index is 1410. The van der Waals surface area contributed by atoms with Gasteiger partial charge in [-0.25, -0.2) is 4.68 Å². The zero-order valence-corrected chi connectivity index (χ0v) is 25.3. The second-order valence-corrected chi connectivity index (χ2v) is 17.1. The van der Waals surface area contributed by atoms with Crippen LogP contribution in [-0.4, -0.2) is 50.9 Å². The van der Waals surface area contributed by atoms with Gasteiger partial charge in [0, 0.05) is 48.7 Å². The summed E-state index contributed by atoms with van der Waals surface area (Å²) >= 11 is 13.2. The number of ether oxygens (including phenoxy) is 1. The molecule has 0 radical (unpaired) electrons. The van der Waals surface area contributed by atoms with Crippen LogP contribution in [0.2, 0.25) is 28.2 Å². The highest BCUT2D eigenvalue weighted by atomic mass is 35.5. The molecule has 8 nitrogen and oxygen atoms in total. The van der Waals surface area contributed by atoms with Crippen LogP contribution < -0.4 is 0 Å². The number of halogens is 2. The Morgan fingerprint density at radius 2 is 1.95 bits per heavy atom. The molecule has 1 atom stereocenters. The van der Waals surface area contributed by atoms with Crippen molar-refractivity contribution < 1.29 is 9.16 Å². The van der Waals surface area contributed by atoms with Gasteiger partial charge in [-0.2, -0.15) is 5.10 Å². The van der Waals surface area contributed by atoms with E-state index in [1.165, 1.54) is 0 Å². The van der Waals surface area contributed by atoms with Gasteiger partial charge in [0.15, 0.2) is 14.1 Å². The van der Waals surface area contributed by atoms with Crippen LogP contribution in [0.1, 0.15) is 52.7 Å². The van der Waals surface area contributed by atoms with E-state index in [4.69, 9.17) is 32.4 Å². The Labute approximate surface area is 234 Å². The normalized spacial score (nSPS) is 17.0. The molecule has 0 bridgehead atoms. The van der Waals surface area contributed by atoms with Gasteiger partial charge in [-0.05, 0) is 49.9 Å². The van der Waals surface area contributed by atoms with Crippen molar-refractivity contribution in [3.63, 3.8) is 0 Å². The SMILES string of the molecule is CC(C)(C)[Si](C)(C)OCCCn1cc(-n2cc(-c3cnn(C4CCCCO4)c3)c3ccc(Cl)c(Cl)c32)nn1. The van der Waals surface area contributed by atoms with Gasteiger partial charge in [-0.3, -0.25) is 9.25 Å². The summed E-state index contributed by atoms with van der Waals surface area (Å²) in [6.45, 7) is 13.5. The molecule has 1 aromatic carbocycles. The maximum atomic E-state index is 6.74. The summed E-state index contributed by atoms with van der Waals surface area (Å²) in [4.78, 5) is 0. The van der Waals surface area contributed by atoms with Crippen LogP contribution in [0.15, 0.2) is 36.9 Å². The monoisotopic (exact) mass is 574 g/mol. The van der Waals surface area contributed by atoms with Crippen LogP contribution in [0, 0.1) is 0 Å². The first-order valence-electron chi connectivity index (χ1n) is 13.2. The largest absolute Gasteiger partial charge is 0.417 e. The van der Waals surface area contributed by atoms with Gasteiger partial charge in [0.25, 0.3) is 0 Å². The van der Waals surface area contributed by atoms with Crippen LogP contribution in [0.3, 0.4) is 0 Å². The molecule has 4 aromatic rings. The topological polar surface area (TPSA) is 71.9 Å². The molecule has 204 valence electrons. The first-order chi connectivity index (χ1) is 18.0. The van der Waals surface area contributed by atoms with Crippen LogP contribution in [0.5, 0.6) is 0 Å². The highest BCUT2D eigenvalue weighted by Gasteiger charge is 2.36. The fourth-order valence-corrected chi connectivity index (χ4v) is 6.01. The van der Waals surface area contributed by atoms with Gasteiger partial charge >= 0.3 is 0 Å². The third kappa shape index (κ3) is 5.44. The van der Waals surface area contributed by atoms with E-state index in [1.54, 1.807) is 0 Å². The van der Waals surface area contributed by atoms with Crippen molar-refractivity contribution in [2.45, 2.75) is 77.4 Å². The van der Waals surface area contributed by atoms with E-state index in [2.05, 4.69) is 49.3 Å². The van der Waals surface area contributed by atoms with E-state index in [-0.39, 0.29) is 11.3 Å². The second-order valence-electron chi connectivity index (χ2n) is 11.5. The number of hydrogen-bond acceptors (Lipinski definition) is 5. The highest BCUT2D eigenvalue weighted by molar-refractivity contribution is 6.74. The Hall–Kier alpha value is -2.17. The zero-order valence-electron chi connectivity index (χ0n) is 22.7. The predicted molar refractivity (Wildman–Crippen MR) is 155 cm³/mol. The molecule has 38 heavy (non-hydrogen) atoms. The minimum absolute atomic E-state index is 0.0237. The van der Waals surface area contributed by atoms with Crippen LogP contribution in [-0.2, 0) is 15.7 Å². The fourth-order valence-electron chi connectivity index (χ4n) is 4.51. The molecule has 1 aliphatic heterocycles. The van der Waals surface area contributed by atoms with Crippen molar-refractivity contribution in [2.75, 3.05) is 13.2 Å². The molecule has 0 amide bonds. The van der Waals surface area contributed by atoms with Gasteiger partial charge in [0.2, 0.25) is 0 Å². The highest BCUT2D eigenvalue weighted by Crippen LogP contribution is 2.39. The number of rotatable bonds is 8. The molecule has 1 aliphatic rings. The molecule has 0 N–H and O–H groups in total. The van der Waals surface area contributed by atoms with Gasteiger partial charge in [0.05, 0.1) is 28.0 Å². The van der Waals surface area contributed by atoms with Gasteiger partial charge in [0.1, 0.15) is 6.23 Å². The van der Waals surface area contributed by atoms with Crippen molar-refractivity contribution >= 4 is 42.4 Å². The summed E-state index contributed by atoms with van der Waals surface area (Å²) in [7, 11) is -1.76. The van der Waals surface area contributed by atoms with E-state index in [9.17, 15) is 0 Å². The number of nitrogens with zero attached hydrogens (tertiary/aromatic N) is 6. The van der Waals surface area contributed by atoms with E-state index in [1.807, 2.05) is 50.9 Å². The summed E-state index contributed by atoms with van der Waals surface area (Å²) < 4.78 is 18.0. The molecular formula is C27H36Cl2N6O2Si. The maximum absolute atomic E-state index is 6.74. The van der Waals surface area contributed by atoms with Crippen LogP contribution >= 0.6 is 23.2 Å². The molecular weight excluding hydrogens is 539 g/mol. The van der Waals surface area contributed by atoms with E-state index in [0.717, 1.165) is 60.9 Å². The van der Waals surface area contributed by atoms with Gasteiger partial charge in [-0.15, -0.1) is 5.10 Å². The average molecular weight is 576 g/mol. The van der Waals surface area contributed by atoms with Gasteiger partial charge in [-0.1, -0.05) is 55.3 Å². The average Bonchev–Trinajstić information content (AvgIpc) is 3.62. The molecule has 3 aromatic heterocycles. The van der Waals surface area contributed by atoms with E-state index in [0.29, 0.717) is 22.5 Å². The number of aryl methyl sites for hydroxylation is 1. The van der Waals surface area contributed by atoms with Crippen LogP contribution in [0.25, 0.3) is 27.8 Å². The Morgan fingerprint density at radius 3 is 2.68 bits per heavy atom. The summed E-state index contributed by atoms with van der Waals surface area (Å²) in [5, 5.41) is 15.6. The first kappa shape index (κ1) is 27.4. The number of aromatic nitrogens is 6. The minimum atomic E-state index is -1.76. The molecule has 0 saturated carbocycles. The quantitative estimate of drug-likeness (QED) is 0.161. The number of hydrogen-bond donors (Lipinski definition) is 0. The zero-order chi connectivity index (χ0) is 27.1. The minimum Gasteiger partial charge on any atom is -0.417 e. The lowest BCUT2D eigenvalue weighted by atomic mass is 10.1. The lowest BCUT2D eigenvalue weighted by molar-refractivity contribution is -0.0394. The van der Waals surface area contributed by atoms with Gasteiger partial charge < -0.3 is 9.16 Å². The molecule has 1 unspecified atom stereocenters. The van der Waals surface area contributed by atoms with E-state index < -0.39 is 8.32 Å².